The third-order valence-electron chi connectivity index (χ3n) is 6.65. The van der Waals surface area contributed by atoms with Crippen molar-refractivity contribution in [1.82, 2.24) is 19.3 Å². The van der Waals surface area contributed by atoms with Crippen LogP contribution in [0.2, 0.25) is 5.02 Å². The molecular weight excluding hydrogens is 530 g/mol. The quantitative estimate of drug-likeness (QED) is 0.254. The molecule has 2 aromatic heterocycles. The Balaban J connectivity index is 1.16. The van der Waals surface area contributed by atoms with E-state index in [0.717, 1.165) is 18.7 Å². The molecule has 1 aliphatic carbocycles. The minimum absolute atomic E-state index is 0.0908. The number of anilines is 3. The van der Waals surface area contributed by atoms with E-state index in [-0.39, 0.29) is 11.5 Å². The second kappa shape index (κ2) is 10.3. The summed E-state index contributed by atoms with van der Waals surface area (Å²) < 4.78 is 3.17. The Labute approximate surface area is 233 Å². The van der Waals surface area contributed by atoms with Crippen molar-refractivity contribution >= 4 is 51.5 Å². The molecule has 0 aliphatic heterocycles. The Hall–Kier alpha value is -4.96. The highest BCUT2D eigenvalue weighted by Crippen LogP contribution is 2.38. The molecule has 2 heterocycles. The van der Waals surface area contributed by atoms with Gasteiger partial charge in [0.15, 0.2) is 0 Å². The fourth-order valence-corrected chi connectivity index (χ4v) is 4.62. The lowest BCUT2D eigenvalue weighted by atomic mass is 10.1. The fourth-order valence-electron chi connectivity index (χ4n) is 4.44. The van der Waals surface area contributed by atoms with Gasteiger partial charge in [-0.25, -0.2) is 14.5 Å². The average molecular weight is 554 g/mol. The molecule has 6 rings (SSSR count). The molecule has 3 amide bonds. The number of nitrogens with one attached hydrogen (secondary N) is 3. The predicted molar refractivity (Wildman–Crippen MR) is 155 cm³/mol. The number of amides is 3. The minimum atomic E-state index is -0.465. The highest BCUT2D eigenvalue weighted by Gasteiger charge is 2.28. The molecule has 10 nitrogen and oxygen atoms in total. The molecule has 200 valence electrons. The van der Waals surface area contributed by atoms with Crippen LogP contribution in [0.3, 0.4) is 0 Å². The Morgan fingerprint density at radius 3 is 2.58 bits per heavy atom. The number of carbonyl (C=O) groups is 2. The number of para-hydroxylation sites is 1. The predicted octanol–water partition coefficient (Wildman–Crippen LogP) is 5.55. The summed E-state index contributed by atoms with van der Waals surface area (Å²) in [6.07, 6.45) is 5.20. The first-order chi connectivity index (χ1) is 19.4. The van der Waals surface area contributed by atoms with Crippen molar-refractivity contribution in [1.29, 1.82) is 0 Å². The number of carbonyl (C=O) groups excluding carboxylic acids is 2. The Morgan fingerprint density at radius 1 is 0.950 bits per heavy atom. The zero-order chi connectivity index (χ0) is 27.8. The van der Waals surface area contributed by atoms with Crippen molar-refractivity contribution in [2.45, 2.75) is 18.8 Å². The lowest BCUT2D eigenvalue weighted by molar-refractivity contribution is 0.102. The van der Waals surface area contributed by atoms with Gasteiger partial charge in [-0.3, -0.25) is 14.2 Å². The third-order valence-corrected chi connectivity index (χ3v) is 6.98. The van der Waals surface area contributed by atoms with Crippen LogP contribution in [0.5, 0.6) is 0 Å². The number of nitrogens with zero attached hydrogens (tertiary/aromatic N) is 4. The van der Waals surface area contributed by atoms with E-state index in [0.29, 0.717) is 50.2 Å². The maximum atomic E-state index is 13.1. The molecule has 3 aromatic carbocycles. The van der Waals surface area contributed by atoms with E-state index in [1.165, 1.54) is 6.20 Å². The van der Waals surface area contributed by atoms with Gasteiger partial charge in [0, 0.05) is 24.2 Å². The molecule has 11 heteroatoms. The van der Waals surface area contributed by atoms with Crippen LogP contribution in [0.15, 0.2) is 83.9 Å². The van der Waals surface area contributed by atoms with Crippen LogP contribution in [0.25, 0.3) is 16.6 Å². The van der Waals surface area contributed by atoms with Gasteiger partial charge in [0.05, 0.1) is 45.4 Å². The van der Waals surface area contributed by atoms with E-state index in [1.807, 2.05) is 0 Å². The van der Waals surface area contributed by atoms with Crippen molar-refractivity contribution in [2.24, 2.45) is 7.05 Å². The van der Waals surface area contributed by atoms with Gasteiger partial charge in [-0.2, -0.15) is 5.10 Å². The van der Waals surface area contributed by atoms with Gasteiger partial charge in [0.2, 0.25) is 0 Å². The van der Waals surface area contributed by atoms with E-state index in [4.69, 9.17) is 16.6 Å². The molecule has 3 N–H and O–H groups in total. The maximum absolute atomic E-state index is 13.1. The molecule has 5 aromatic rings. The topological polar surface area (TPSA) is 123 Å². The zero-order valence-corrected chi connectivity index (χ0v) is 22.1. The van der Waals surface area contributed by atoms with Crippen LogP contribution >= 0.6 is 11.6 Å². The largest absolute Gasteiger partial charge is 0.323 e. The van der Waals surface area contributed by atoms with Crippen molar-refractivity contribution in [3.63, 3.8) is 0 Å². The Morgan fingerprint density at radius 2 is 1.77 bits per heavy atom. The first-order valence-electron chi connectivity index (χ1n) is 12.7. The minimum Gasteiger partial charge on any atom is -0.322 e. The summed E-state index contributed by atoms with van der Waals surface area (Å²) in [7, 11) is 1.75. The van der Waals surface area contributed by atoms with Crippen LogP contribution in [0.4, 0.5) is 21.9 Å². The molecule has 0 bridgehead atoms. The zero-order valence-electron chi connectivity index (χ0n) is 21.4. The number of rotatable bonds is 6. The van der Waals surface area contributed by atoms with Crippen molar-refractivity contribution < 1.29 is 9.59 Å². The van der Waals surface area contributed by atoms with Gasteiger partial charge < -0.3 is 16.0 Å². The molecule has 0 spiro atoms. The summed E-state index contributed by atoms with van der Waals surface area (Å²) in [4.78, 5) is 42.9. The lowest BCUT2D eigenvalue weighted by Crippen LogP contribution is -2.22. The van der Waals surface area contributed by atoms with E-state index < -0.39 is 6.03 Å². The highest BCUT2D eigenvalue weighted by molar-refractivity contribution is 6.33. The van der Waals surface area contributed by atoms with E-state index in [2.05, 4.69) is 21.0 Å². The van der Waals surface area contributed by atoms with Crippen LogP contribution < -0.4 is 21.5 Å². The lowest BCUT2D eigenvalue weighted by Gasteiger charge is -2.11. The summed E-state index contributed by atoms with van der Waals surface area (Å²) in [6, 6.07) is 18.5. The monoisotopic (exact) mass is 553 g/mol. The molecule has 0 radical (unpaired) electrons. The second-order valence-corrected chi connectivity index (χ2v) is 9.98. The maximum Gasteiger partial charge on any atom is 0.323 e. The smallest absolute Gasteiger partial charge is 0.322 e. The number of fused-ring (bicyclic) bond motifs is 1. The van der Waals surface area contributed by atoms with Gasteiger partial charge in [0.25, 0.3) is 11.5 Å². The summed E-state index contributed by atoms with van der Waals surface area (Å²) >= 11 is 6.10. The van der Waals surface area contributed by atoms with Crippen molar-refractivity contribution in [3.8, 4) is 5.69 Å². The normalized spacial score (nSPS) is 12.8. The van der Waals surface area contributed by atoms with Crippen molar-refractivity contribution in [3.05, 3.63) is 106 Å². The SMILES string of the molecule is Cn1c(C2CC2)nc2cc(NC(=O)c3cccc(-n4cc(NC(=O)Nc5ccccc5Cl)cn4)c3)ccc2c1=O. The fraction of sp³-hybridized carbons (Fsp3) is 0.138. The molecule has 40 heavy (non-hydrogen) atoms. The van der Waals surface area contributed by atoms with E-state index >= 15 is 0 Å². The molecular formula is C29H24ClN7O3. The summed E-state index contributed by atoms with van der Waals surface area (Å²) in [5.41, 5.74) is 3.00. The summed E-state index contributed by atoms with van der Waals surface area (Å²) in [5.74, 6) is 0.776. The molecule has 1 fully saturated rings. The number of aromatic nitrogens is 4. The van der Waals surface area contributed by atoms with E-state index in [9.17, 15) is 14.4 Å². The molecule has 1 saturated carbocycles. The highest BCUT2D eigenvalue weighted by atomic mass is 35.5. The number of halogens is 1. The number of benzene rings is 3. The summed E-state index contributed by atoms with van der Waals surface area (Å²) in [5, 5.41) is 13.5. The summed E-state index contributed by atoms with van der Waals surface area (Å²) in [6.45, 7) is 0. The van der Waals surface area contributed by atoms with Crippen LogP contribution in [-0.2, 0) is 7.05 Å². The third kappa shape index (κ3) is 5.16. The first kappa shape index (κ1) is 25.3. The molecule has 1 aliphatic rings. The number of hydrogen-bond donors (Lipinski definition) is 3. The van der Waals surface area contributed by atoms with Crippen LogP contribution in [0.1, 0.15) is 34.9 Å². The van der Waals surface area contributed by atoms with Gasteiger partial charge in [-0.1, -0.05) is 29.8 Å². The van der Waals surface area contributed by atoms with Crippen molar-refractivity contribution in [2.75, 3.05) is 16.0 Å². The van der Waals surface area contributed by atoms with E-state index in [1.54, 1.807) is 89.2 Å². The van der Waals surface area contributed by atoms with Gasteiger partial charge in [-0.05, 0) is 61.4 Å². The number of hydrogen-bond acceptors (Lipinski definition) is 5. The van der Waals surface area contributed by atoms with Gasteiger partial charge in [0.1, 0.15) is 5.82 Å². The van der Waals surface area contributed by atoms with Gasteiger partial charge in [-0.15, -0.1) is 0 Å². The Kier molecular flexibility index (Phi) is 6.53. The standard InChI is InChI=1S/C29H24ClN7O3/c1-36-26(17-9-10-17)34-25-14-19(11-12-22(25)28(36)39)32-27(38)18-5-4-6-21(13-18)37-16-20(15-31-37)33-29(40)35-24-8-3-2-7-23(24)30/h2-8,11-17H,9-10H2,1H3,(H,32,38)(H2,33,35,40). The number of urea groups is 1. The molecule has 0 saturated heterocycles. The molecule has 0 unspecified atom stereocenters. The molecule has 0 atom stereocenters. The van der Waals surface area contributed by atoms with Crippen LogP contribution in [0, 0.1) is 0 Å². The van der Waals surface area contributed by atoms with Crippen LogP contribution in [-0.4, -0.2) is 31.3 Å². The first-order valence-corrected chi connectivity index (χ1v) is 13.0. The average Bonchev–Trinajstić information content (AvgIpc) is 3.69. The second-order valence-electron chi connectivity index (χ2n) is 9.58. The Bertz CT molecular complexity index is 1840. The van der Waals surface area contributed by atoms with Gasteiger partial charge >= 0.3 is 6.03 Å².